The van der Waals surface area contributed by atoms with Gasteiger partial charge in [-0.15, -0.1) is 0 Å². The van der Waals surface area contributed by atoms with Crippen LogP contribution in [-0.2, 0) is 10.2 Å². The summed E-state index contributed by atoms with van der Waals surface area (Å²) in [6, 6.07) is 13.5. The van der Waals surface area contributed by atoms with E-state index in [1.54, 1.807) is 7.05 Å². The molecule has 1 fully saturated rings. The maximum Gasteiger partial charge on any atom is 0.279 e. The Labute approximate surface area is 137 Å². The van der Waals surface area contributed by atoms with Gasteiger partial charge in [-0.2, -0.15) is 17.4 Å². The van der Waals surface area contributed by atoms with Gasteiger partial charge in [0.05, 0.1) is 6.04 Å². The third kappa shape index (κ3) is 3.90. The minimum absolute atomic E-state index is 0.217. The molecule has 1 aliphatic carbocycles. The van der Waals surface area contributed by atoms with Crippen molar-refractivity contribution in [1.29, 1.82) is 0 Å². The van der Waals surface area contributed by atoms with Crippen molar-refractivity contribution in [2.45, 2.75) is 18.9 Å². The average Bonchev–Trinajstić information content (AvgIpc) is 3.36. The third-order valence-corrected chi connectivity index (χ3v) is 5.88. The van der Waals surface area contributed by atoms with Gasteiger partial charge in [-0.3, -0.25) is 0 Å². The summed E-state index contributed by atoms with van der Waals surface area (Å²) in [5.41, 5.74) is 6.71. The molecule has 1 unspecified atom stereocenters. The van der Waals surface area contributed by atoms with Crippen molar-refractivity contribution in [3.05, 3.63) is 48.0 Å². The van der Waals surface area contributed by atoms with Crippen LogP contribution in [0.25, 0.3) is 10.8 Å². The highest BCUT2D eigenvalue weighted by molar-refractivity contribution is 7.87. The lowest BCUT2D eigenvalue weighted by Gasteiger charge is -2.23. The first-order chi connectivity index (χ1) is 11.0. The second-order valence-electron chi connectivity index (χ2n) is 6.24. The SMILES string of the molecule is CN(CC1CC1)S(=O)(=O)NC(CN)c1ccc2ccccc2c1. The topological polar surface area (TPSA) is 75.4 Å². The van der Waals surface area contributed by atoms with Crippen molar-refractivity contribution in [3.8, 4) is 0 Å². The smallest absolute Gasteiger partial charge is 0.279 e. The molecule has 2 aromatic rings. The summed E-state index contributed by atoms with van der Waals surface area (Å²) in [4.78, 5) is 0. The van der Waals surface area contributed by atoms with Crippen LogP contribution in [0.15, 0.2) is 42.5 Å². The number of hydrogen-bond acceptors (Lipinski definition) is 3. The Hall–Kier alpha value is -1.47. The number of nitrogens with one attached hydrogen (secondary N) is 1. The molecular weight excluding hydrogens is 310 g/mol. The summed E-state index contributed by atoms with van der Waals surface area (Å²) < 4.78 is 29.0. The van der Waals surface area contributed by atoms with Crippen LogP contribution < -0.4 is 10.5 Å². The molecule has 0 spiro atoms. The molecule has 6 heteroatoms. The number of benzene rings is 2. The first-order valence-electron chi connectivity index (χ1n) is 7.92. The molecule has 2 aromatic carbocycles. The van der Waals surface area contributed by atoms with Crippen LogP contribution in [0.4, 0.5) is 0 Å². The summed E-state index contributed by atoms with van der Waals surface area (Å²) in [7, 11) is -1.91. The van der Waals surface area contributed by atoms with Gasteiger partial charge in [0.2, 0.25) is 0 Å². The van der Waals surface area contributed by atoms with E-state index in [2.05, 4.69) is 4.72 Å². The highest BCUT2D eigenvalue weighted by atomic mass is 32.2. The average molecular weight is 333 g/mol. The lowest BCUT2D eigenvalue weighted by molar-refractivity contribution is 0.434. The van der Waals surface area contributed by atoms with Crippen molar-refractivity contribution in [3.63, 3.8) is 0 Å². The van der Waals surface area contributed by atoms with Gasteiger partial charge in [-0.1, -0.05) is 36.4 Å². The number of nitrogens with two attached hydrogens (primary N) is 1. The van der Waals surface area contributed by atoms with Crippen LogP contribution in [0.5, 0.6) is 0 Å². The second kappa shape index (κ2) is 6.57. The minimum Gasteiger partial charge on any atom is -0.329 e. The molecule has 0 aliphatic heterocycles. The van der Waals surface area contributed by atoms with E-state index in [-0.39, 0.29) is 6.54 Å². The van der Waals surface area contributed by atoms with Gasteiger partial charge in [0.15, 0.2) is 0 Å². The molecule has 124 valence electrons. The van der Waals surface area contributed by atoms with Gasteiger partial charge in [0, 0.05) is 20.1 Å². The van der Waals surface area contributed by atoms with E-state index in [4.69, 9.17) is 5.73 Å². The molecule has 0 bridgehead atoms. The van der Waals surface area contributed by atoms with E-state index in [1.165, 1.54) is 4.31 Å². The summed E-state index contributed by atoms with van der Waals surface area (Å²) in [5.74, 6) is 0.508. The maximum atomic E-state index is 12.5. The molecule has 23 heavy (non-hydrogen) atoms. The molecule has 3 N–H and O–H groups in total. The van der Waals surface area contributed by atoms with Crippen LogP contribution in [0.1, 0.15) is 24.4 Å². The second-order valence-corrected chi connectivity index (χ2v) is 8.05. The van der Waals surface area contributed by atoms with Crippen molar-refractivity contribution in [1.82, 2.24) is 9.03 Å². The Bertz CT molecular complexity index is 787. The van der Waals surface area contributed by atoms with Crippen LogP contribution in [0.2, 0.25) is 0 Å². The number of fused-ring (bicyclic) bond motifs is 1. The van der Waals surface area contributed by atoms with Crippen LogP contribution >= 0.6 is 0 Å². The van der Waals surface area contributed by atoms with Gasteiger partial charge in [-0.25, -0.2) is 0 Å². The molecule has 3 rings (SSSR count). The molecule has 1 atom stereocenters. The van der Waals surface area contributed by atoms with E-state index in [1.807, 2.05) is 42.5 Å². The van der Waals surface area contributed by atoms with E-state index in [0.29, 0.717) is 12.5 Å². The molecule has 0 saturated heterocycles. The van der Waals surface area contributed by atoms with Gasteiger partial charge in [-0.05, 0) is 41.2 Å². The fraction of sp³-hybridized carbons (Fsp3) is 0.412. The fourth-order valence-corrected chi connectivity index (χ4v) is 3.89. The van der Waals surface area contributed by atoms with Crippen molar-refractivity contribution < 1.29 is 8.42 Å². The van der Waals surface area contributed by atoms with Gasteiger partial charge >= 0.3 is 0 Å². The van der Waals surface area contributed by atoms with Gasteiger partial charge in [0.1, 0.15) is 0 Å². The lowest BCUT2D eigenvalue weighted by atomic mass is 10.0. The van der Waals surface area contributed by atoms with Crippen LogP contribution in [0, 0.1) is 5.92 Å². The lowest BCUT2D eigenvalue weighted by Crippen LogP contribution is -2.43. The molecule has 5 nitrogen and oxygen atoms in total. The zero-order valence-electron chi connectivity index (χ0n) is 13.3. The summed E-state index contributed by atoms with van der Waals surface area (Å²) in [6.45, 7) is 0.791. The van der Waals surface area contributed by atoms with Crippen LogP contribution in [-0.4, -0.2) is 32.9 Å². The zero-order valence-corrected chi connectivity index (χ0v) is 14.1. The Balaban J connectivity index is 1.80. The zero-order chi connectivity index (χ0) is 16.4. The highest BCUT2D eigenvalue weighted by Gasteiger charge is 2.29. The Morgan fingerprint density at radius 2 is 1.91 bits per heavy atom. The molecule has 0 aromatic heterocycles. The molecule has 0 amide bonds. The summed E-state index contributed by atoms with van der Waals surface area (Å²) in [5, 5.41) is 2.20. The Kier molecular flexibility index (Phi) is 4.68. The van der Waals surface area contributed by atoms with Crippen molar-refractivity contribution >= 4 is 21.0 Å². The number of hydrogen-bond donors (Lipinski definition) is 2. The molecular formula is C17H23N3O2S. The van der Waals surface area contributed by atoms with Crippen molar-refractivity contribution in [2.75, 3.05) is 20.1 Å². The van der Waals surface area contributed by atoms with Gasteiger partial charge < -0.3 is 5.73 Å². The van der Waals surface area contributed by atoms with Gasteiger partial charge in [0.25, 0.3) is 10.2 Å². The number of nitrogens with zero attached hydrogens (tertiary/aromatic N) is 1. The predicted molar refractivity (Wildman–Crippen MR) is 93.2 cm³/mol. The largest absolute Gasteiger partial charge is 0.329 e. The normalized spacial score (nSPS) is 16.8. The summed E-state index contributed by atoms with van der Waals surface area (Å²) in [6.07, 6.45) is 2.23. The molecule has 1 aliphatic rings. The third-order valence-electron chi connectivity index (χ3n) is 4.33. The minimum atomic E-state index is -3.52. The predicted octanol–water partition coefficient (Wildman–Crippen LogP) is 2.02. The highest BCUT2D eigenvalue weighted by Crippen LogP contribution is 2.30. The molecule has 0 radical (unpaired) electrons. The van der Waals surface area contributed by atoms with Crippen molar-refractivity contribution in [2.24, 2.45) is 11.7 Å². The first-order valence-corrected chi connectivity index (χ1v) is 9.36. The van der Waals surface area contributed by atoms with E-state index in [0.717, 1.165) is 29.2 Å². The first kappa shape index (κ1) is 16.4. The number of rotatable bonds is 7. The van der Waals surface area contributed by atoms with E-state index < -0.39 is 16.3 Å². The fourth-order valence-electron chi connectivity index (χ4n) is 2.71. The monoisotopic (exact) mass is 333 g/mol. The molecule has 0 heterocycles. The standard InChI is InChI=1S/C17H23N3O2S/c1-20(12-13-6-7-13)23(21,22)19-17(11-18)16-9-8-14-4-2-3-5-15(14)10-16/h2-5,8-10,13,17,19H,6-7,11-12,18H2,1H3. The Morgan fingerprint density at radius 3 is 2.57 bits per heavy atom. The van der Waals surface area contributed by atoms with E-state index >= 15 is 0 Å². The van der Waals surface area contributed by atoms with E-state index in [9.17, 15) is 8.42 Å². The van der Waals surface area contributed by atoms with Crippen LogP contribution in [0.3, 0.4) is 0 Å². The quantitative estimate of drug-likeness (QED) is 0.814. The maximum absolute atomic E-state index is 12.5. The Morgan fingerprint density at radius 1 is 1.22 bits per heavy atom. The summed E-state index contributed by atoms with van der Waals surface area (Å²) >= 11 is 0. The molecule has 1 saturated carbocycles.